The zero-order valence-electron chi connectivity index (χ0n) is 9.03. The lowest BCUT2D eigenvalue weighted by molar-refractivity contribution is 0.599. The molecule has 0 aromatic heterocycles. The van der Waals surface area contributed by atoms with Gasteiger partial charge in [0.05, 0.1) is 5.75 Å². The van der Waals surface area contributed by atoms with E-state index in [0.717, 1.165) is 0 Å². The van der Waals surface area contributed by atoms with E-state index in [1.807, 2.05) is 0 Å². The fourth-order valence-corrected chi connectivity index (χ4v) is 2.42. The second-order valence-corrected chi connectivity index (χ2v) is 5.27. The first kappa shape index (κ1) is 12.9. The van der Waals surface area contributed by atoms with Gasteiger partial charge in [0.15, 0.2) is 0 Å². The van der Waals surface area contributed by atoms with E-state index in [4.69, 9.17) is 5.73 Å². The Morgan fingerprint density at radius 2 is 2.12 bits per heavy atom. The number of halogens is 1. The molecule has 0 atom stereocenters. The Balaban J connectivity index is 2.90. The van der Waals surface area contributed by atoms with E-state index in [-0.39, 0.29) is 17.9 Å². The zero-order chi connectivity index (χ0) is 12.2. The van der Waals surface area contributed by atoms with Crippen LogP contribution in [0.15, 0.2) is 18.2 Å². The molecule has 0 aliphatic rings. The van der Waals surface area contributed by atoms with Gasteiger partial charge in [-0.3, -0.25) is 4.72 Å². The van der Waals surface area contributed by atoms with Crippen LogP contribution in [0, 0.1) is 5.82 Å². The van der Waals surface area contributed by atoms with E-state index in [2.05, 4.69) is 4.72 Å². The van der Waals surface area contributed by atoms with Crippen molar-refractivity contribution < 1.29 is 12.8 Å². The topological polar surface area (TPSA) is 72.2 Å². The number of hydrogen-bond donors (Lipinski definition) is 2. The fraction of sp³-hybridized carbons (Fsp3) is 0.400. The maximum Gasteiger partial charge on any atom is 0.232 e. The first-order chi connectivity index (χ1) is 7.48. The van der Waals surface area contributed by atoms with Crippen molar-refractivity contribution >= 4 is 15.7 Å². The Hall–Kier alpha value is -1.14. The van der Waals surface area contributed by atoms with Crippen LogP contribution in [0.4, 0.5) is 10.1 Å². The highest BCUT2D eigenvalue weighted by Gasteiger charge is 2.10. The van der Waals surface area contributed by atoms with Crippen LogP contribution >= 0.6 is 0 Å². The highest BCUT2D eigenvalue weighted by atomic mass is 32.2. The maximum absolute atomic E-state index is 13.1. The van der Waals surface area contributed by atoms with Crippen molar-refractivity contribution in [3.05, 3.63) is 29.6 Å². The molecule has 0 heterocycles. The number of hydrogen-bond acceptors (Lipinski definition) is 3. The van der Waals surface area contributed by atoms with Gasteiger partial charge < -0.3 is 5.73 Å². The molecular formula is C10H15FN2O2S. The van der Waals surface area contributed by atoms with Gasteiger partial charge in [0.25, 0.3) is 0 Å². The monoisotopic (exact) mass is 246 g/mol. The molecule has 6 heteroatoms. The van der Waals surface area contributed by atoms with Gasteiger partial charge in [-0.15, -0.1) is 0 Å². The lowest BCUT2D eigenvalue weighted by atomic mass is 10.2. The van der Waals surface area contributed by atoms with Crippen LogP contribution in [0.3, 0.4) is 0 Å². The van der Waals surface area contributed by atoms with Crippen LogP contribution in [-0.2, 0) is 16.6 Å². The molecule has 0 saturated carbocycles. The normalized spacial score (nSPS) is 11.4. The molecule has 0 radical (unpaired) electrons. The molecule has 0 aliphatic carbocycles. The van der Waals surface area contributed by atoms with E-state index in [0.29, 0.717) is 12.1 Å². The molecule has 0 unspecified atom stereocenters. The quantitative estimate of drug-likeness (QED) is 0.825. The van der Waals surface area contributed by atoms with Gasteiger partial charge in [0.2, 0.25) is 10.0 Å². The Morgan fingerprint density at radius 3 is 2.69 bits per heavy atom. The second kappa shape index (κ2) is 5.27. The Morgan fingerprint density at radius 1 is 1.44 bits per heavy atom. The average Bonchev–Trinajstić information content (AvgIpc) is 2.20. The molecule has 3 N–H and O–H groups in total. The lowest BCUT2D eigenvalue weighted by Crippen LogP contribution is -2.16. The molecular weight excluding hydrogens is 231 g/mol. The summed E-state index contributed by atoms with van der Waals surface area (Å²) in [5.41, 5.74) is 5.96. The van der Waals surface area contributed by atoms with Gasteiger partial charge >= 0.3 is 0 Å². The number of anilines is 1. The summed E-state index contributed by atoms with van der Waals surface area (Å²) in [4.78, 5) is 0. The van der Waals surface area contributed by atoms with Gasteiger partial charge in [-0.1, -0.05) is 6.92 Å². The molecule has 1 rings (SSSR count). The van der Waals surface area contributed by atoms with Crippen molar-refractivity contribution in [2.24, 2.45) is 5.73 Å². The van der Waals surface area contributed by atoms with Crippen LogP contribution < -0.4 is 10.5 Å². The van der Waals surface area contributed by atoms with E-state index >= 15 is 0 Å². The summed E-state index contributed by atoms with van der Waals surface area (Å²) >= 11 is 0. The molecule has 16 heavy (non-hydrogen) atoms. The predicted octanol–water partition coefficient (Wildman–Crippen LogP) is 1.44. The highest BCUT2D eigenvalue weighted by Crippen LogP contribution is 2.15. The summed E-state index contributed by atoms with van der Waals surface area (Å²) < 4.78 is 38.4. The number of nitrogens with two attached hydrogens (primary N) is 1. The van der Waals surface area contributed by atoms with Crippen molar-refractivity contribution in [2.45, 2.75) is 19.9 Å². The van der Waals surface area contributed by atoms with Crippen molar-refractivity contribution in [2.75, 3.05) is 10.5 Å². The van der Waals surface area contributed by atoms with E-state index < -0.39 is 15.8 Å². The molecule has 4 nitrogen and oxygen atoms in total. The number of nitrogens with one attached hydrogen (secondary N) is 1. The van der Waals surface area contributed by atoms with Crippen LogP contribution in [0.25, 0.3) is 0 Å². The number of rotatable bonds is 5. The van der Waals surface area contributed by atoms with Crippen molar-refractivity contribution in [3.63, 3.8) is 0 Å². The maximum atomic E-state index is 13.1. The minimum Gasteiger partial charge on any atom is -0.326 e. The van der Waals surface area contributed by atoms with Crippen molar-refractivity contribution in [3.8, 4) is 0 Å². The Kier molecular flexibility index (Phi) is 4.26. The van der Waals surface area contributed by atoms with E-state index in [1.165, 1.54) is 18.2 Å². The zero-order valence-corrected chi connectivity index (χ0v) is 9.85. The van der Waals surface area contributed by atoms with Crippen LogP contribution in [-0.4, -0.2) is 14.2 Å². The summed E-state index contributed by atoms with van der Waals surface area (Å²) in [6, 6.07) is 3.98. The summed E-state index contributed by atoms with van der Waals surface area (Å²) in [6.07, 6.45) is 0.528. The lowest BCUT2D eigenvalue weighted by Gasteiger charge is -2.08. The van der Waals surface area contributed by atoms with Crippen LogP contribution in [0.5, 0.6) is 0 Å². The van der Waals surface area contributed by atoms with E-state index in [1.54, 1.807) is 6.92 Å². The molecule has 0 amide bonds. The SMILES string of the molecule is CCCS(=O)(=O)Nc1ccc(F)c(CN)c1. The Labute approximate surface area is 94.7 Å². The van der Waals surface area contributed by atoms with Crippen LogP contribution in [0.2, 0.25) is 0 Å². The second-order valence-electron chi connectivity index (χ2n) is 3.43. The third-order valence-electron chi connectivity index (χ3n) is 2.01. The minimum absolute atomic E-state index is 0.0369. The molecule has 1 aromatic rings. The largest absolute Gasteiger partial charge is 0.326 e. The van der Waals surface area contributed by atoms with Crippen molar-refractivity contribution in [1.82, 2.24) is 0 Å². The van der Waals surface area contributed by atoms with Gasteiger partial charge in [-0.25, -0.2) is 12.8 Å². The number of benzene rings is 1. The number of sulfonamides is 1. The summed E-state index contributed by atoms with van der Waals surface area (Å²) in [7, 11) is -3.34. The summed E-state index contributed by atoms with van der Waals surface area (Å²) in [5, 5.41) is 0. The van der Waals surface area contributed by atoms with Gasteiger partial charge in [0.1, 0.15) is 5.82 Å². The first-order valence-electron chi connectivity index (χ1n) is 4.97. The highest BCUT2D eigenvalue weighted by molar-refractivity contribution is 7.92. The molecule has 0 aliphatic heterocycles. The van der Waals surface area contributed by atoms with Crippen LogP contribution in [0.1, 0.15) is 18.9 Å². The summed E-state index contributed by atoms with van der Waals surface area (Å²) in [5.74, 6) is -0.386. The fourth-order valence-electron chi connectivity index (χ4n) is 1.29. The molecule has 0 fully saturated rings. The smallest absolute Gasteiger partial charge is 0.232 e. The first-order valence-corrected chi connectivity index (χ1v) is 6.62. The minimum atomic E-state index is -3.34. The molecule has 90 valence electrons. The van der Waals surface area contributed by atoms with Gasteiger partial charge in [-0.2, -0.15) is 0 Å². The molecule has 0 bridgehead atoms. The summed E-state index contributed by atoms with van der Waals surface area (Å²) in [6.45, 7) is 1.81. The predicted molar refractivity (Wildman–Crippen MR) is 62.0 cm³/mol. The standard InChI is InChI=1S/C10H15FN2O2S/c1-2-5-16(14,15)13-9-3-4-10(11)8(6-9)7-12/h3-4,6,13H,2,5,7,12H2,1H3. The third kappa shape index (κ3) is 3.46. The third-order valence-corrected chi connectivity index (χ3v) is 3.50. The van der Waals surface area contributed by atoms with E-state index in [9.17, 15) is 12.8 Å². The van der Waals surface area contributed by atoms with Crippen molar-refractivity contribution in [1.29, 1.82) is 0 Å². The average molecular weight is 246 g/mol. The molecule has 1 aromatic carbocycles. The van der Waals surface area contributed by atoms with Gasteiger partial charge in [0, 0.05) is 17.8 Å². The molecule has 0 saturated heterocycles. The van der Waals surface area contributed by atoms with Gasteiger partial charge in [-0.05, 0) is 24.6 Å². The molecule has 0 spiro atoms. The Bertz CT molecular complexity index is 460.